The maximum Gasteiger partial charge on any atom is 0.185 e. The Morgan fingerprint density at radius 3 is 2.71 bits per heavy atom. The van der Waals surface area contributed by atoms with Gasteiger partial charge in [0.25, 0.3) is 0 Å². The van der Waals surface area contributed by atoms with Crippen LogP contribution in [0.5, 0.6) is 5.75 Å². The molecule has 0 bridgehead atoms. The lowest BCUT2D eigenvalue weighted by Crippen LogP contribution is -2.12. The van der Waals surface area contributed by atoms with Crippen molar-refractivity contribution >= 4 is 5.69 Å². The number of ether oxygens (including phenoxy) is 1. The first-order chi connectivity index (χ1) is 9.92. The van der Waals surface area contributed by atoms with Gasteiger partial charge in [-0.3, -0.25) is 0 Å². The predicted octanol–water partition coefficient (Wildman–Crippen LogP) is 2.76. The van der Waals surface area contributed by atoms with Gasteiger partial charge in [-0.25, -0.2) is 4.68 Å². The number of aryl methyl sites for hydroxylation is 1. The Morgan fingerprint density at radius 2 is 2.05 bits per heavy atom. The van der Waals surface area contributed by atoms with E-state index in [-0.39, 0.29) is 5.41 Å². The van der Waals surface area contributed by atoms with Crippen LogP contribution in [0.4, 0.5) is 5.69 Å². The van der Waals surface area contributed by atoms with E-state index in [0.29, 0.717) is 23.9 Å². The second-order valence-corrected chi connectivity index (χ2v) is 6.19. The highest BCUT2D eigenvalue weighted by atomic mass is 16.5. The molecule has 0 aliphatic rings. The van der Waals surface area contributed by atoms with E-state index in [9.17, 15) is 0 Å². The number of para-hydroxylation sites is 1. The van der Waals surface area contributed by atoms with Gasteiger partial charge >= 0.3 is 0 Å². The van der Waals surface area contributed by atoms with Crippen LogP contribution in [0.1, 0.15) is 34.1 Å². The maximum absolute atomic E-state index is 6.00. The molecule has 0 aliphatic carbocycles. The molecular formula is C15H23N5O. The number of benzene rings is 1. The minimum Gasteiger partial charge on any atom is -0.491 e. The average Bonchev–Trinajstić information content (AvgIpc) is 2.86. The van der Waals surface area contributed by atoms with Crippen molar-refractivity contribution in [1.29, 1.82) is 0 Å². The fourth-order valence-corrected chi connectivity index (χ4v) is 2.03. The summed E-state index contributed by atoms with van der Waals surface area (Å²) in [4.78, 5) is 0. The summed E-state index contributed by atoms with van der Waals surface area (Å²) in [6, 6.07) is 5.63. The first-order valence-corrected chi connectivity index (χ1v) is 7.20. The van der Waals surface area contributed by atoms with Crippen molar-refractivity contribution in [1.82, 2.24) is 20.2 Å². The lowest BCUT2D eigenvalue weighted by atomic mass is 9.92. The highest BCUT2D eigenvalue weighted by Crippen LogP contribution is 2.34. The number of nitrogens with two attached hydrogens (primary N) is 1. The maximum atomic E-state index is 6.00. The summed E-state index contributed by atoms with van der Waals surface area (Å²) in [7, 11) is 0. The Hall–Kier alpha value is -2.11. The van der Waals surface area contributed by atoms with Crippen LogP contribution in [0, 0.1) is 5.41 Å². The summed E-state index contributed by atoms with van der Waals surface area (Å²) >= 11 is 0. The molecule has 0 saturated carbocycles. The summed E-state index contributed by atoms with van der Waals surface area (Å²) in [6.45, 7) is 9.82. The normalized spacial score (nSPS) is 11.6. The molecular weight excluding hydrogens is 266 g/mol. The molecule has 6 heteroatoms. The first-order valence-electron chi connectivity index (χ1n) is 7.20. The van der Waals surface area contributed by atoms with Crippen LogP contribution in [-0.2, 0) is 6.54 Å². The zero-order valence-corrected chi connectivity index (χ0v) is 13.1. The summed E-state index contributed by atoms with van der Waals surface area (Å²) < 4.78 is 7.47. The molecule has 114 valence electrons. The van der Waals surface area contributed by atoms with E-state index in [0.717, 1.165) is 18.5 Å². The van der Waals surface area contributed by atoms with Crippen molar-refractivity contribution in [2.75, 3.05) is 12.3 Å². The monoisotopic (exact) mass is 289 g/mol. The van der Waals surface area contributed by atoms with Crippen LogP contribution in [0.25, 0.3) is 11.4 Å². The predicted molar refractivity (Wildman–Crippen MR) is 82.9 cm³/mol. The SMILES string of the molecule is CCOc1c(N)cccc1-c1nnnn1CCC(C)(C)C. The molecule has 0 spiro atoms. The number of tetrazole rings is 1. The summed E-state index contributed by atoms with van der Waals surface area (Å²) in [6.07, 6.45) is 0.983. The highest BCUT2D eigenvalue weighted by molar-refractivity contribution is 5.73. The zero-order chi connectivity index (χ0) is 15.5. The molecule has 0 radical (unpaired) electrons. The lowest BCUT2D eigenvalue weighted by Gasteiger charge is -2.18. The van der Waals surface area contributed by atoms with Gasteiger partial charge in [-0.15, -0.1) is 5.10 Å². The number of hydrogen-bond donors (Lipinski definition) is 1. The van der Waals surface area contributed by atoms with Crippen molar-refractivity contribution in [2.24, 2.45) is 5.41 Å². The second-order valence-electron chi connectivity index (χ2n) is 6.19. The molecule has 21 heavy (non-hydrogen) atoms. The molecule has 0 aliphatic heterocycles. The van der Waals surface area contributed by atoms with E-state index in [2.05, 4.69) is 36.3 Å². The van der Waals surface area contributed by atoms with Crippen molar-refractivity contribution in [3.8, 4) is 17.1 Å². The van der Waals surface area contributed by atoms with Crippen molar-refractivity contribution in [3.05, 3.63) is 18.2 Å². The van der Waals surface area contributed by atoms with E-state index in [1.54, 1.807) is 0 Å². The first kappa shape index (κ1) is 15.3. The van der Waals surface area contributed by atoms with Crippen LogP contribution in [-0.4, -0.2) is 26.8 Å². The van der Waals surface area contributed by atoms with E-state index < -0.39 is 0 Å². The third-order valence-electron chi connectivity index (χ3n) is 3.18. The standard InChI is InChI=1S/C15H23N5O/c1-5-21-13-11(7-6-8-12(13)16)14-17-18-19-20(14)10-9-15(2,3)4/h6-8H,5,9-10,16H2,1-4H3. The summed E-state index contributed by atoms with van der Waals surface area (Å²) in [5, 5.41) is 12.0. The third-order valence-corrected chi connectivity index (χ3v) is 3.18. The average molecular weight is 289 g/mol. The molecule has 0 atom stereocenters. The van der Waals surface area contributed by atoms with E-state index in [1.807, 2.05) is 29.8 Å². The molecule has 2 N–H and O–H groups in total. The fraction of sp³-hybridized carbons (Fsp3) is 0.533. The molecule has 1 aromatic carbocycles. The molecule has 1 heterocycles. The molecule has 0 unspecified atom stereocenters. The van der Waals surface area contributed by atoms with E-state index in [4.69, 9.17) is 10.5 Å². The number of rotatable bonds is 5. The Balaban J connectivity index is 2.35. The van der Waals surface area contributed by atoms with Crippen molar-refractivity contribution in [3.63, 3.8) is 0 Å². The molecule has 0 fully saturated rings. The molecule has 2 aromatic rings. The molecule has 0 amide bonds. The Morgan fingerprint density at radius 1 is 1.29 bits per heavy atom. The van der Waals surface area contributed by atoms with Crippen molar-refractivity contribution < 1.29 is 4.74 Å². The van der Waals surface area contributed by atoms with Crippen LogP contribution < -0.4 is 10.5 Å². The quantitative estimate of drug-likeness (QED) is 0.856. The lowest BCUT2D eigenvalue weighted by molar-refractivity contribution is 0.337. The Labute approximate surface area is 125 Å². The van der Waals surface area contributed by atoms with Gasteiger partial charge in [-0.1, -0.05) is 26.8 Å². The largest absolute Gasteiger partial charge is 0.491 e. The molecule has 1 aromatic heterocycles. The van der Waals surface area contributed by atoms with E-state index in [1.165, 1.54) is 0 Å². The Kier molecular flexibility index (Phi) is 4.45. The minimum absolute atomic E-state index is 0.224. The number of aromatic nitrogens is 4. The van der Waals surface area contributed by atoms with Crippen LogP contribution >= 0.6 is 0 Å². The third kappa shape index (κ3) is 3.71. The number of nitrogens with zero attached hydrogens (tertiary/aromatic N) is 4. The van der Waals surface area contributed by atoms with Gasteiger partial charge in [0.05, 0.1) is 17.9 Å². The smallest absolute Gasteiger partial charge is 0.185 e. The number of nitrogen functional groups attached to an aromatic ring is 1. The van der Waals surface area contributed by atoms with E-state index >= 15 is 0 Å². The van der Waals surface area contributed by atoms with Crippen LogP contribution in [0.2, 0.25) is 0 Å². The highest BCUT2D eigenvalue weighted by Gasteiger charge is 2.18. The fourth-order valence-electron chi connectivity index (χ4n) is 2.03. The zero-order valence-electron chi connectivity index (χ0n) is 13.1. The van der Waals surface area contributed by atoms with Crippen molar-refractivity contribution in [2.45, 2.75) is 40.7 Å². The summed E-state index contributed by atoms with van der Waals surface area (Å²) in [5.74, 6) is 1.34. The van der Waals surface area contributed by atoms with Gasteiger partial charge in [0.15, 0.2) is 11.6 Å². The van der Waals surface area contributed by atoms with Gasteiger partial charge in [0.2, 0.25) is 0 Å². The molecule has 2 rings (SSSR count). The van der Waals surface area contributed by atoms with Crippen LogP contribution in [0.15, 0.2) is 18.2 Å². The van der Waals surface area contributed by atoms with Gasteiger partial charge < -0.3 is 10.5 Å². The molecule has 6 nitrogen and oxygen atoms in total. The summed E-state index contributed by atoms with van der Waals surface area (Å²) in [5.41, 5.74) is 7.65. The molecule has 0 saturated heterocycles. The van der Waals surface area contributed by atoms with Gasteiger partial charge in [-0.05, 0) is 41.3 Å². The van der Waals surface area contributed by atoms with Gasteiger partial charge in [0, 0.05) is 6.54 Å². The van der Waals surface area contributed by atoms with Crippen LogP contribution in [0.3, 0.4) is 0 Å². The minimum atomic E-state index is 0.224. The van der Waals surface area contributed by atoms with Gasteiger partial charge in [-0.2, -0.15) is 0 Å². The topological polar surface area (TPSA) is 78.8 Å². The Bertz CT molecular complexity index is 600. The number of anilines is 1. The second kappa shape index (κ2) is 6.11. The van der Waals surface area contributed by atoms with Gasteiger partial charge in [0.1, 0.15) is 0 Å². The number of hydrogen-bond acceptors (Lipinski definition) is 5.